The van der Waals surface area contributed by atoms with Crippen LogP contribution in [-0.2, 0) is 14.3 Å². The van der Waals surface area contributed by atoms with E-state index in [2.05, 4.69) is 13.5 Å². The van der Waals surface area contributed by atoms with Crippen LogP contribution in [0.5, 0.6) is 0 Å². The first-order valence-corrected chi connectivity index (χ1v) is 11.0. The molecule has 0 saturated heterocycles. The van der Waals surface area contributed by atoms with Gasteiger partial charge in [-0.2, -0.15) is 0 Å². The Hall–Kier alpha value is -1.32. The molecule has 0 spiro atoms. The number of carboxylic acids is 1. The molecule has 0 bridgehead atoms. The van der Waals surface area contributed by atoms with Crippen LogP contribution in [0.3, 0.4) is 0 Å². The van der Waals surface area contributed by atoms with E-state index in [4.69, 9.17) is 14.6 Å². The number of esters is 1. The van der Waals surface area contributed by atoms with Gasteiger partial charge in [-0.15, -0.1) is 0 Å². The van der Waals surface area contributed by atoms with E-state index >= 15 is 0 Å². The molecule has 0 fully saturated rings. The quantitative estimate of drug-likeness (QED) is 0.156. The Morgan fingerprint density at radius 3 is 1.44 bits per heavy atom. The Labute approximate surface area is 167 Å². The molecule has 0 aliphatic carbocycles. The zero-order chi connectivity index (χ0) is 20.6. The van der Waals surface area contributed by atoms with Crippen LogP contribution in [0.4, 0.5) is 0 Å². The Kier molecular flexibility index (Phi) is 25.5. The Morgan fingerprint density at radius 1 is 0.778 bits per heavy atom. The average molecular weight is 385 g/mol. The molecular formula is C23H44O4. The van der Waals surface area contributed by atoms with Gasteiger partial charge >= 0.3 is 5.97 Å². The maximum atomic E-state index is 11.3. The summed E-state index contributed by atoms with van der Waals surface area (Å²) in [7, 11) is 0. The van der Waals surface area contributed by atoms with E-state index < -0.39 is 5.97 Å². The maximum absolute atomic E-state index is 11.3. The predicted molar refractivity (Wildman–Crippen MR) is 114 cm³/mol. The largest absolute Gasteiger partial charge is 0.481 e. The summed E-state index contributed by atoms with van der Waals surface area (Å²) in [5.41, 5.74) is 0. The summed E-state index contributed by atoms with van der Waals surface area (Å²) in [4.78, 5) is 20.3. The van der Waals surface area contributed by atoms with Crippen LogP contribution >= 0.6 is 0 Å². The fourth-order valence-corrected chi connectivity index (χ4v) is 2.86. The van der Waals surface area contributed by atoms with Gasteiger partial charge in [-0.3, -0.25) is 9.59 Å². The molecular weight excluding hydrogens is 340 g/mol. The van der Waals surface area contributed by atoms with Crippen LogP contribution in [0.1, 0.15) is 117 Å². The smallest absolute Gasteiger partial charge is 0.306 e. The minimum absolute atomic E-state index is 0.0837. The highest BCUT2D eigenvalue weighted by molar-refractivity contribution is 5.69. The van der Waals surface area contributed by atoms with Crippen LogP contribution in [0, 0.1) is 0 Å². The van der Waals surface area contributed by atoms with E-state index in [1.165, 1.54) is 83.5 Å². The van der Waals surface area contributed by atoms with E-state index in [1.54, 1.807) is 6.08 Å². The molecule has 0 aromatic rings. The molecule has 0 heterocycles. The SMILES string of the molecule is C=CCOC(=O)CCCCCCCCCCCCCCCCC.CC(=O)O. The molecule has 27 heavy (non-hydrogen) atoms. The highest BCUT2D eigenvalue weighted by Crippen LogP contribution is 2.13. The first-order valence-electron chi connectivity index (χ1n) is 11.0. The van der Waals surface area contributed by atoms with Crippen molar-refractivity contribution in [2.45, 2.75) is 117 Å². The van der Waals surface area contributed by atoms with Crippen molar-refractivity contribution in [2.24, 2.45) is 0 Å². The molecule has 0 rings (SSSR count). The molecule has 0 saturated carbocycles. The molecule has 0 aromatic carbocycles. The normalized spacial score (nSPS) is 10.0. The molecule has 4 heteroatoms. The zero-order valence-corrected chi connectivity index (χ0v) is 18.0. The number of carbonyl (C=O) groups excluding carboxylic acids is 1. The summed E-state index contributed by atoms with van der Waals surface area (Å²) >= 11 is 0. The van der Waals surface area contributed by atoms with Crippen molar-refractivity contribution in [3.63, 3.8) is 0 Å². The van der Waals surface area contributed by atoms with E-state index in [0.717, 1.165) is 19.8 Å². The molecule has 4 nitrogen and oxygen atoms in total. The van der Waals surface area contributed by atoms with E-state index in [1.807, 2.05) is 0 Å². The number of unbranched alkanes of at least 4 members (excludes halogenated alkanes) is 14. The van der Waals surface area contributed by atoms with Gasteiger partial charge in [0.25, 0.3) is 5.97 Å². The average Bonchev–Trinajstić information content (AvgIpc) is 2.62. The standard InChI is InChI=1S/C21H40O2.C2H4O2/c1-3-5-6-7-8-9-10-11-12-13-14-15-16-17-18-19-21(22)23-20-4-2;1-2(3)4/h4H,2-3,5-20H2,1H3;1H3,(H,3,4). The minimum atomic E-state index is -0.833. The number of rotatable bonds is 18. The summed E-state index contributed by atoms with van der Waals surface area (Å²) in [6, 6.07) is 0. The molecule has 0 aliphatic rings. The molecule has 0 atom stereocenters. The van der Waals surface area contributed by atoms with Gasteiger partial charge in [-0.25, -0.2) is 0 Å². The summed E-state index contributed by atoms with van der Waals surface area (Å²) in [6.07, 6.45) is 22.4. The molecule has 160 valence electrons. The lowest BCUT2D eigenvalue weighted by atomic mass is 10.0. The Morgan fingerprint density at radius 2 is 1.11 bits per heavy atom. The summed E-state index contributed by atoms with van der Waals surface area (Å²) < 4.78 is 4.95. The van der Waals surface area contributed by atoms with Crippen LogP contribution in [0.15, 0.2) is 12.7 Å². The summed E-state index contributed by atoms with van der Waals surface area (Å²) in [5.74, 6) is -0.917. The highest BCUT2D eigenvalue weighted by atomic mass is 16.5. The van der Waals surface area contributed by atoms with Crippen LogP contribution in [0.2, 0.25) is 0 Å². The van der Waals surface area contributed by atoms with E-state index in [9.17, 15) is 4.79 Å². The molecule has 0 amide bonds. The first kappa shape index (κ1) is 27.9. The van der Waals surface area contributed by atoms with Crippen molar-refractivity contribution >= 4 is 11.9 Å². The lowest BCUT2D eigenvalue weighted by molar-refractivity contribution is -0.142. The summed E-state index contributed by atoms with van der Waals surface area (Å²) in [5, 5.41) is 7.42. The van der Waals surface area contributed by atoms with Crippen molar-refractivity contribution < 1.29 is 19.4 Å². The fraction of sp³-hybridized carbons (Fsp3) is 0.826. The second kappa shape index (κ2) is 24.7. The molecule has 0 aliphatic heterocycles. The van der Waals surface area contributed by atoms with Crippen molar-refractivity contribution in [1.82, 2.24) is 0 Å². The number of hydrogen-bond donors (Lipinski definition) is 1. The molecule has 0 aromatic heterocycles. The third-order valence-corrected chi connectivity index (χ3v) is 4.35. The van der Waals surface area contributed by atoms with E-state index in [-0.39, 0.29) is 5.97 Å². The number of aliphatic carboxylic acids is 1. The summed E-state index contributed by atoms with van der Waals surface area (Å²) in [6.45, 7) is 7.24. The van der Waals surface area contributed by atoms with Gasteiger partial charge in [0.2, 0.25) is 0 Å². The van der Waals surface area contributed by atoms with Gasteiger partial charge < -0.3 is 9.84 Å². The molecule has 0 radical (unpaired) electrons. The predicted octanol–water partition coefficient (Wildman–Crippen LogP) is 7.07. The van der Waals surface area contributed by atoms with Crippen LogP contribution in [-0.4, -0.2) is 23.7 Å². The number of carbonyl (C=O) groups is 2. The molecule has 1 N–H and O–H groups in total. The van der Waals surface area contributed by atoms with Crippen LogP contribution < -0.4 is 0 Å². The molecule has 0 unspecified atom stereocenters. The van der Waals surface area contributed by atoms with Gasteiger partial charge in [0, 0.05) is 13.3 Å². The van der Waals surface area contributed by atoms with Gasteiger partial charge in [-0.1, -0.05) is 109 Å². The number of ether oxygens (including phenoxy) is 1. The number of hydrogen-bond acceptors (Lipinski definition) is 3. The minimum Gasteiger partial charge on any atom is -0.481 e. The zero-order valence-electron chi connectivity index (χ0n) is 18.0. The monoisotopic (exact) mass is 384 g/mol. The van der Waals surface area contributed by atoms with Gasteiger partial charge in [-0.05, 0) is 6.42 Å². The van der Waals surface area contributed by atoms with Gasteiger partial charge in [0.1, 0.15) is 6.61 Å². The second-order valence-electron chi connectivity index (χ2n) is 7.19. The Balaban J connectivity index is 0. The fourth-order valence-electron chi connectivity index (χ4n) is 2.86. The van der Waals surface area contributed by atoms with Crippen molar-refractivity contribution in [3.05, 3.63) is 12.7 Å². The van der Waals surface area contributed by atoms with Crippen LogP contribution in [0.25, 0.3) is 0 Å². The third-order valence-electron chi connectivity index (χ3n) is 4.35. The maximum Gasteiger partial charge on any atom is 0.306 e. The Bertz CT molecular complexity index is 335. The number of carboxylic acid groups (broad SMARTS) is 1. The van der Waals surface area contributed by atoms with Crippen molar-refractivity contribution in [3.8, 4) is 0 Å². The van der Waals surface area contributed by atoms with E-state index in [0.29, 0.717) is 13.0 Å². The lowest BCUT2D eigenvalue weighted by Gasteiger charge is -2.04. The van der Waals surface area contributed by atoms with Crippen molar-refractivity contribution in [2.75, 3.05) is 6.61 Å². The van der Waals surface area contributed by atoms with Crippen molar-refractivity contribution in [1.29, 1.82) is 0 Å². The highest BCUT2D eigenvalue weighted by Gasteiger charge is 2.00. The lowest BCUT2D eigenvalue weighted by Crippen LogP contribution is -2.03. The topological polar surface area (TPSA) is 63.6 Å². The van der Waals surface area contributed by atoms with Gasteiger partial charge in [0.05, 0.1) is 0 Å². The third kappa shape index (κ3) is 32.8. The first-order chi connectivity index (χ1) is 13.0. The van der Waals surface area contributed by atoms with Gasteiger partial charge in [0.15, 0.2) is 0 Å². The second-order valence-corrected chi connectivity index (χ2v) is 7.19.